The largest absolute Gasteiger partial charge is 0.288 e. The first-order chi connectivity index (χ1) is 12.8. The molecule has 0 saturated heterocycles. The van der Waals surface area contributed by atoms with Gasteiger partial charge in [-0.1, -0.05) is 6.92 Å². The Balaban J connectivity index is 2.11. The van der Waals surface area contributed by atoms with Crippen molar-refractivity contribution in [3.63, 3.8) is 0 Å². The number of imidazole rings is 1. The van der Waals surface area contributed by atoms with Gasteiger partial charge in [0.15, 0.2) is 5.82 Å². The van der Waals surface area contributed by atoms with Gasteiger partial charge in [-0.15, -0.1) is 0 Å². The minimum absolute atomic E-state index is 0.528. The van der Waals surface area contributed by atoms with E-state index >= 15 is 0 Å². The van der Waals surface area contributed by atoms with Crippen molar-refractivity contribution in [2.75, 3.05) is 5.75 Å². The molecule has 1 unspecified atom stereocenters. The molecule has 6 nitrogen and oxygen atoms in total. The predicted molar refractivity (Wildman–Crippen MR) is 108 cm³/mol. The van der Waals surface area contributed by atoms with E-state index in [9.17, 15) is 4.21 Å². The van der Waals surface area contributed by atoms with Crippen LogP contribution in [0.2, 0.25) is 0 Å². The van der Waals surface area contributed by atoms with Crippen molar-refractivity contribution in [3.8, 4) is 5.82 Å². The zero-order chi connectivity index (χ0) is 19.5. The van der Waals surface area contributed by atoms with Crippen molar-refractivity contribution in [2.45, 2.75) is 46.6 Å². The van der Waals surface area contributed by atoms with Gasteiger partial charge in [0.05, 0.1) is 22.5 Å². The fourth-order valence-electron chi connectivity index (χ4n) is 3.51. The molecular weight excluding hydrogens is 358 g/mol. The summed E-state index contributed by atoms with van der Waals surface area (Å²) in [5.41, 5.74) is 7.32. The highest BCUT2D eigenvalue weighted by atomic mass is 32.2. The highest BCUT2D eigenvalue weighted by Crippen LogP contribution is 2.34. The van der Waals surface area contributed by atoms with Gasteiger partial charge in [-0.3, -0.25) is 8.61 Å². The number of aryl methyl sites for hydroxylation is 3. The van der Waals surface area contributed by atoms with Crippen molar-refractivity contribution in [2.24, 2.45) is 0 Å². The zero-order valence-electron chi connectivity index (χ0n) is 16.5. The summed E-state index contributed by atoms with van der Waals surface area (Å²) >= 11 is 0. The summed E-state index contributed by atoms with van der Waals surface area (Å²) in [7, 11) is -1.17. The number of rotatable bonds is 3. The molecule has 3 heterocycles. The Morgan fingerprint density at radius 1 is 1.04 bits per heavy atom. The third kappa shape index (κ3) is 2.60. The van der Waals surface area contributed by atoms with Crippen LogP contribution >= 0.6 is 0 Å². The van der Waals surface area contributed by atoms with Crippen LogP contribution in [0.15, 0.2) is 23.6 Å². The highest BCUT2D eigenvalue weighted by molar-refractivity contribution is 7.85. The molecular formula is C20H23N5OS. The van der Waals surface area contributed by atoms with Gasteiger partial charge in [-0.25, -0.2) is 14.6 Å². The number of nitrogens with zero attached hydrogens (tertiary/aromatic N) is 5. The third-order valence-electron chi connectivity index (χ3n) is 5.43. The molecule has 1 aromatic carbocycles. The van der Waals surface area contributed by atoms with Gasteiger partial charge in [-0.2, -0.15) is 5.10 Å². The maximum atomic E-state index is 13.0. The standard InChI is InChI=1S/C20H23N5OS/c1-7-27(26)20-18-14(5)12(3)13(4)15(6)19(18)23-25(20)17-9-24-10-21-11(2)8-16(24)22-17/h8-10H,7H2,1-6H3. The van der Waals surface area contributed by atoms with Crippen molar-refractivity contribution in [3.05, 3.63) is 46.5 Å². The Labute approximate surface area is 160 Å². The Morgan fingerprint density at radius 2 is 1.74 bits per heavy atom. The summed E-state index contributed by atoms with van der Waals surface area (Å²) in [6.07, 6.45) is 3.63. The first kappa shape index (κ1) is 17.9. The maximum absolute atomic E-state index is 13.0. The van der Waals surface area contributed by atoms with E-state index in [4.69, 9.17) is 10.1 Å². The van der Waals surface area contributed by atoms with E-state index in [1.54, 1.807) is 11.0 Å². The van der Waals surface area contributed by atoms with Crippen LogP contribution in [0.4, 0.5) is 0 Å². The number of aromatic nitrogens is 5. The van der Waals surface area contributed by atoms with Crippen LogP contribution in [0.3, 0.4) is 0 Å². The Hall–Kier alpha value is -2.54. The molecule has 0 fully saturated rings. The Morgan fingerprint density at radius 3 is 2.44 bits per heavy atom. The molecule has 140 valence electrons. The van der Waals surface area contributed by atoms with Gasteiger partial charge in [0, 0.05) is 22.9 Å². The normalized spacial score (nSPS) is 13.0. The number of hydrogen-bond acceptors (Lipinski definition) is 4. The van der Waals surface area contributed by atoms with Gasteiger partial charge in [0.25, 0.3) is 0 Å². The molecule has 3 aromatic heterocycles. The second kappa shape index (κ2) is 6.27. The summed E-state index contributed by atoms with van der Waals surface area (Å²) < 4.78 is 16.6. The second-order valence-corrected chi connectivity index (χ2v) is 8.62. The first-order valence-corrected chi connectivity index (χ1v) is 10.3. The molecule has 0 aliphatic carbocycles. The third-order valence-corrected chi connectivity index (χ3v) is 6.76. The summed E-state index contributed by atoms with van der Waals surface area (Å²) in [5.74, 6) is 1.18. The molecule has 4 aromatic rings. The number of hydrogen-bond donors (Lipinski definition) is 0. The predicted octanol–water partition coefficient (Wildman–Crippen LogP) is 3.74. The lowest BCUT2D eigenvalue weighted by molar-refractivity contribution is 0.673. The van der Waals surface area contributed by atoms with E-state index in [1.807, 2.05) is 30.5 Å². The number of benzene rings is 1. The second-order valence-electron chi connectivity index (χ2n) is 6.97. The van der Waals surface area contributed by atoms with Crippen LogP contribution in [-0.2, 0) is 10.8 Å². The van der Waals surface area contributed by atoms with Gasteiger partial charge < -0.3 is 0 Å². The monoisotopic (exact) mass is 381 g/mol. The van der Waals surface area contributed by atoms with Crippen LogP contribution in [-0.4, -0.2) is 34.1 Å². The van der Waals surface area contributed by atoms with Crippen molar-refractivity contribution in [1.82, 2.24) is 24.1 Å². The lowest BCUT2D eigenvalue weighted by atomic mass is 9.96. The molecule has 0 radical (unpaired) electrons. The fraction of sp³-hybridized carbons (Fsp3) is 0.350. The number of fused-ring (bicyclic) bond motifs is 2. The fourth-order valence-corrected chi connectivity index (χ4v) is 4.58. The Kier molecular flexibility index (Phi) is 4.14. The lowest BCUT2D eigenvalue weighted by Gasteiger charge is -2.10. The molecule has 0 N–H and O–H groups in total. The van der Waals surface area contributed by atoms with E-state index < -0.39 is 10.8 Å². The van der Waals surface area contributed by atoms with Crippen molar-refractivity contribution < 1.29 is 4.21 Å². The summed E-state index contributed by atoms with van der Waals surface area (Å²) in [4.78, 5) is 9.03. The minimum atomic E-state index is -1.17. The van der Waals surface area contributed by atoms with E-state index in [2.05, 4.69) is 32.7 Å². The molecule has 4 rings (SSSR count). The zero-order valence-corrected chi connectivity index (χ0v) is 17.3. The van der Waals surface area contributed by atoms with Gasteiger partial charge in [0.1, 0.15) is 17.0 Å². The van der Waals surface area contributed by atoms with E-state index in [-0.39, 0.29) is 0 Å². The van der Waals surface area contributed by atoms with Crippen molar-refractivity contribution in [1.29, 1.82) is 0 Å². The smallest absolute Gasteiger partial charge is 0.173 e. The van der Waals surface area contributed by atoms with E-state index in [0.29, 0.717) is 11.6 Å². The average Bonchev–Trinajstić information content (AvgIpc) is 3.25. The van der Waals surface area contributed by atoms with Crippen LogP contribution in [0, 0.1) is 34.6 Å². The molecule has 0 saturated carbocycles. The van der Waals surface area contributed by atoms with Gasteiger partial charge in [0.2, 0.25) is 0 Å². The maximum Gasteiger partial charge on any atom is 0.173 e. The lowest BCUT2D eigenvalue weighted by Crippen LogP contribution is -2.06. The van der Waals surface area contributed by atoms with Crippen LogP contribution < -0.4 is 0 Å². The first-order valence-electron chi connectivity index (χ1n) is 9.02. The van der Waals surface area contributed by atoms with E-state index in [0.717, 1.165) is 38.4 Å². The summed E-state index contributed by atoms with van der Waals surface area (Å²) in [6.45, 7) is 12.3. The molecule has 0 aliphatic rings. The van der Waals surface area contributed by atoms with Crippen molar-refractivity contribution >= 4 is 27.3 Å². The molecule has 7 heteroatoms. The summed E-state index contributed by atoms with van der Waals surface area (Å²) in [5, 5.41) is 6.57. The van der Waals surface area contributed by atoms with Gasteiger partial charge in [-0.05, 0) is 56.9 Å². The molecule has 1 atom stereocenters. The van der Waals surface area contributed by atoms with Crippen LogP contribution in [0.25, 0.3) is 22.4 Å². The topological polar surface area (TPSA) is 65.1 Å². The quantitative estimate of drug-likeness (QED) is 0.542. The summed E-state index contributed by atoms with van der Waals surface area (Å²) in [6, 6.07) is 1.92. The van der Waals surface area contributed by atoms with Gasteiger partial charge >= 0.3 is 0 Å². The Bertz CT molecular complexity index is 1230. The highest BCUT2D eigenvalue weighted by Gasteiger charge is 2.24. The molecule has 0 amide bonds. The molecule has 0 bridgehead atoms. The average molecular weight is 382 g/mol. The SMILES string of the molecule is CCS(=O)c1c2c(C)c(C)c(C)c(C)c2nn1-c1cn2cnc(C)cc2n1. The molecule has 0 spiro atoms. The molecule has 27 heavy (non-hydrogen) atoms. The van der Waals surface area contributed by atoms with E-state index in [1.165, 1.54) is 11.1 Å². The molecule has 0 aliphatic heterocycles. The minimum Gasteiger partial charge on any atom is -0.288 e. The van der Waals surface area contributed by atoms with Crippen LogP contribution in [0.1, 0.15) is 34.9 Å². The van der Waals surface area contributed by atoms with Crippen LogP contribution in [0.5, 0.6) is 0 Å².